The summed E-state index contributed by atoms with van der Waals surface area (Å²) in [6, 6.07) is 10.6. The van der Waals surface area contributed by atoms with Gasteiger partial charge in [0.1, 0.15) is 0 Å². The van der Waals surface area contributed by atoms with Crippen molar-refractivity contribution in [2.45, 2.75) is 6.42 Å². The summed E-state index contributed by atoms with van der Waals surface area (Å²) in [4.78, 5) is 15.8. The molecule has 0 atom stereocenters. The van der Waals surface area contributed by atoms with Crippen LogP contribution in [0, 0.1) is 0 Å². The number of rotatable bonds is 3. The molecule has 0 saturated heterocycles. The van der Waals surface area contributed by atoms with Gasteiger partial charge in [-0.05, 0) is 29.8 Å². The van der Waals surface area contributed by atoms with E-state index in [1.807, 2.05) is 6.07 Å². The lowest BCUT2D eigenvalue weighted by atomic mass is 10.1. The van der Waals surface area contributed by atoms with E-state index in [4.69, 9.17) is 17.3 Å². The van der Waals surface area contributed by atoms with Crippen molar-refractivity contribution < 1.29 is 4.79 Å². The SMILES string of the molecule is Nc1cccnc1NC(=O)Cc1cccc(Cl)c1. The minimum atomic E-state index is -0.178. The number of amides is 1. The molecule has 0 spiro atoms. The molecule has 1 aromatic carbocycles. The van der Waals surface area contributed by atoms with Crippen LogP contribution in [0.2, 0.25) is 5.02 Å². The van der Waals surface area contributed by atoms with Gasteiger partial charge in [-0.3, -0.25) is 4.79 Å². The monoisotopic (exact) mass is 261 g/mol. The van der Waals surface area contributed by atoms with Gasteiger partial charge in [-0.25, -0.2) is 4.98 Å². The third-order valence-corrected chi connectivity index (χ3v) is 2.59. The highest BCUT2D eigenvalue weighted by atomic mass is 35.5. The number of hydrogen-bond acceptors (Lipinski definition) is 3. The summed E-state index contributed by atoms with van der Waals surface area (Å²) in [5.41, 5.74) is 6.97. The van der Waals surface area contributed by atoms with Gasteiger partial charge in [-0.2, -0.15) is 0 Å². The van der Waals surface area contributed by atoms with Gasteiger partial charge >= 0.3 is 0 Å². The van der Waals surface area contributed by atoms with Gasteiger partial charge in [0.15, 0.2) is 5.82 Å². The molecule has 5 heteroatoms. The van der Waals surface area contributed by atoms with Gasteiger partial charge in [0, 0.05) is 11.2 Å². The van der Waals surface area contributed by atoms with Crippen molar-refractivity contribution in [3.63, 3.8) is 0 Å². The van der Waals surface area contributed by atoms with E-state index < -0.39 is 0 Å². The van der Waals surface area contributed by atoms with Crippen LogP contribution in [0.3, 0.4) is 0 Å². The zero-order valence-electron chi connectivity index (χ0n) is 9.56. The average Bonchev–Trinajstić information content (AvgIpc) is 2.32. The van der Waals surface area contributed by atoms with Crippen LogP contribution in [0.5, 0.6) is 0 Å². The van der Waals surface area contributed by atoms with Gasteiger partial charge in [0.05, 0.1) is 12.1 Å². The van der Waals surface area contributed by atoms with Crippen molar-refractivity contribution in [1.82, 2.24) is 4.98 Å². The molecule has 0 aliphatic heterocycles. The number of anilines is 2. The number of nitrogens with one attached hydrogen (secondary N) is 1. The van der Waals surface area contributed by atoms with E-state index in [1.54, 1.807) is 36.5 Å². The van der Waals surface area contributed by atoms with Crippen LogP contribution in [0.15, 0.2) is 42.6 Å². The fourth-order valence-corrected chi connectivity index (χ4v) is 1.74. The molecule has 18 heavy (non-hydrogen) atoms. The van der Waals surface area contributed by atoms with E-state index >= 15 is 0 Å². The maximum atomic E-state index is 11.8. The minimum Gasteiger partial charge on any atom is -0.396 e. The predicted octanol–water partition coefficient (Wildman–Crippen LogP) is 2.50. The summed E-state index contributed by atoms with van der Waals surface area (Å²) in [5, 5.41) is 3.27. The van der Waals surface area contributed by atoms with Gasteiger partial charge in [0.2, 0.25) is 5.91 Å². The Hall–Kier alpha value is -2.07. The van der Waals surface area contributed by atoms with Gasteiger partial charge in [-0.1, -0.05) is 23.7 Å². The second-order valence-electron chi connectivity index (χ2n) is 3.80. The number of aromatic nitrogens is 1. The molecular weight excluding hydrogens is 250 g/mol. The van der Waals surface area contributed by atoms with Gasteiger partial charge in [0.25, 0.3) is 0 Å². The smallest absolute Gasteiger partial charge is 0.230 e. The molecule has 1 heterocycles. The maximum Gasteiger partial charge on any atom is 0.230 e. The lowest BCUT2D eigenvalue weighted by Gasteiger charge is -2.06. The summed E-state index contributed by atoms with van der Waals surface area (Å²) in [7, 11) is 0. The maximum absolute atomic E-state index is 11.8. The van der Waals surface area contributed by atoms with Crippen molar-refractivity contribution in [2.75, 3.05) is 11.1 Å². The Kier molecular flexibility index (Phi) is 3.79. The number of nitrogen functional groups attached to an aromatic ring is 1. The number of benzene rings is 1. The molecule has 2 rings (SSSR count). The Morgan fingerprint density at radius 3 is 2.89 bits per heavy atom. The Morgan fingerprint density at radius 2 is 2.17 bits per heavy atom. The largest absolute Gasteiger partial charge is 0.396 e. The molecule has 3 N–H and O–H groups in total. The molecular formula is C13H12ClN3O. The number of halogens is 1. The fraction of sp³-hybridized carbons (Fsp3) is 0.0769. The Balaban J connectivity index is 2.03. The topological polar surface area (TPSA) is 68.0 Å². The molecule has 0 unspecified atom stereocenters. The number of hydrogen-bond donors (Lipinski definition) is 2. The van der Waals surface area contributed by atoms with Crippen LogP contribution in [0.4, 0.5) is 11.5 Å². The van der Waals surface area contributed by atoms with E-state index in [0.29, 0.717) is 16.5 Å². The zero-order chi connectivity index (χ0) is 13.0. The standard InChI is InChI=1S/C13H12ClN3O/c14-10-4-1-3-9(7-10)8-12(18)17-13-11(15)5-2-6-16-13/h1-7H,8,15H2,(H,16,17,18). The van der Waals surface area contributed by atoms with Crippen LogP contribution in [-0.2, 0) is 11.2 Å². The van der Waals surface area contributed by atoms with Crippen molar-refractivity contribution in [2.24, 2.45) is 0 Å². The molecule has 0 radical (unpaired) electrons. The van der Waals surface area contributed by atoms with Gasteiger partial charge < -0.3 is 11.1 Å². The number of nitrogens with two attached hydrogens (primary N) is 1. The van der Waals surface area contributed by atoms with Crippen LogP contribution in [0.25, 0.3) is 0 Å². The van der Waals surface area contributed by atoms with Gasteiger partial charge in [-0.15, -0.1) is 0 Å². The Morgan fingerprint density at radius 1 is 1.33 bits per heavy atom. The van der Waals surface area contributed by atoms with E-state index in [9.17, 15) is 4.79 Å². The molecule has 4 nitrogen and oxygen atoms in total. The predicted molar refractivity (Wildman–Crippen MR) is 72.4 cm³/mol. The molecule has 0 fully saturated rings. The van der Waals surface area contributed by atoms with E-state index in [-0.39, 0.29) is 12.3 Å². The first kappa shape index (κ1) is 12.4. The van der Waals surface area contributed by atoms with E-state index in [0.717, 1.165) is 5.56 Å². The van der Waals surface area contributed by atoms with Crippen molar-refractivity contribution >= 4 is 29.0 Å². The fourth-order valence-electron chi connectivity index (χ4n) is 1.53. The van der Waals surface area contributed by atoms with E-state index in [2.05, 4.69) is 10.3 Å². The molecule has 0 bridgehead atoms. The lowest BCUT2D eigenvalue weighted by Crippen LogP contribution is -2.16. The zero-order valence-corrected chi connectivity index (χ0v) is 10.3. The first-order valence-corrected chi connectivity index (χ1v) is 5.78. The molecule has 0 aliphatic rings. The summed E-state index contributed by atoms with van der Waals surface area (Å²) in [6.07, 6.45) is 1.81. The van der Waals surface area contributed by atoms with E-state index in [1.165, 1.54) is 0 Å². The molecule has 0 aliphatic carbocycles. The number of pyridine rings is 1. The van der Waals surface area contributed by atoms with Crippen LogP contribution < -0.4 is 11.1 Å². The molecule has 1 aromatic heterocycles. The van der Waals surface area contributed by atoms with Crippen molar-refractivity contribution in [3.05, 3.63) is 53.2 Å². The molecule has 0 saturated carbocycles. The summed E-state index contributed by atoms with van der Waals surface area (Å²) in [5.74, 6) is 0.201. The highest BCUT2D eigenvalue weighted by Gasteiger charge is 2.07. The second kappa shape index (κ2) is 5.51. The number of carbonyl (C=O) groups is 1. The highest BCUT2D eigenvalue weighted by molar-refractivity contribution is 6.30. The summed E-state index contributed by atoms with van der Waals surface area (Å²) < 4.78 is 0. The summed E-state index contributed by atoms with van der Waals surface area (Å²) in [6.45, 7) is 0. The number of nitrogens with zero attached hydrogens (tertiary/aromatic N) is 1. The molecule has 1 amide bonds. The minimum absolute atomic E-state index is 0.178. The Bertz CT molecular complexity index is 572. The van der Waals surface area contributed by atoms with Crippen LogP contribution in [0.1, 0.15) is 5.56 Å². The third-order valence-electron chi connectivity index (χ3n) is 2.35. The lowest BCUT2D eigenvalue weighted by molar-refractivity contribution is -0.115. The number of carbonyl (C=O) groups excluding carboxylic acids is 1. The average molecular weight is 262 g/mol. The summed E-state index contributed by atoms with van der Waals surface area (Å²) >= 11 is 5.85. The molecule has 2 aromatic rings. The van der Waals surface area contributed by atoms with Crippen molar-refractivity contribution in [1.29, 1.82) is 0 Å². The normalized spacial score (nSPS) is 10.1. The highest BCUT2D eigenvalue weighted by Crippen LogP contribution is 2.15. The van der Waals surface area contributed by atoms with Crippen LogP contribution >= 0.6 is 11.6 Å². The first-order valence-electron chi connectivity index (χ1n) is 5.40. The second-order valence-corrected chi connectivity index (χ2v) is 4.23. The van der Waals surface area contributed by atoms with Crippen molar-refractivity contribution in [3.8, 4) is 0 Å². The third kappa shape index (κ3) is 3.21. The Labute approximate surface area is 110 Å². The molecule has 92 valence electrons. The van der Waals surface area contributed by atoms with Crippen LogP contribution in [-0.4, -0.2) is 10.9 Å². The first-order chi connectivity index (χ1) is 8.65. The quantitative estimate of drug-likeness (QED) is 0.892.